The van der Waals surface area contributed by atoms with Gasteiger partial charge in [-0.25, -0.2) is 9.59 Å². The van der Waals surface area contributed by atoms with Gasteiger partial charge in [0.2, 0.25) is 0 Å². The quantitative estimate of drug-likeness (QED) is 0.340. The van der Waals surface area contributed by atoms with Gasteiger partial charge in [-0.3, -0.25) is 0 Å². The Hall–Kier alpha value is -1.34. The molecule has 1 atom stereocenters. The number of nitrogens with one attached hydrogen (secondary N) is 3. The predicted octanol–water partition coefficient (Wildman–Crippen LogP) is -0.879. The van der Waals surface area contributed by atoms with E-state index >= 15 is 0 Å². The smallest absolute Gasteiger partial charge is 0.326 e. The first-order valence-electron chi connectivity index (χ1n) is 5.70. The van der Waals surface area contributed by atoms with E-state index in [-0.39, 0.29) is 13.0 Å². The van der Waals surface area contributed by atoms with E-state index < -0.39 is 18.0 Å². The third-order valence-corrected chi connectivity index (χ3v) is 2.09. The summed E-state index contributed by atoms with van der Waals surface area (Å²) in [4.78, 5) is 22.0. The first-order valence-corrected chi connectivity index (χ1v) is 5.70. The van der Waals surface area contributed by atoms with E-state index in [9.17, 15) is 9.59 Å². The molecule has 0 bridgehead atoms. The minimum atomic E-state index is -1.15. The molecule has 0 heterocycles. The van der Waals surface area contributed by atoms with Crippen molar-refractivity contribution in [2.45, 2.75) is 25.8 Å². The molecule has 0 aliphatic carbocycles. The number of carbonyl (C=O) groups is 2. The molecule has 0 radical (unpaired) electrons. The van der Waals surface area contributed by atoms with Crippen LogP contribution < -0.4 is 16.0 Å². The van der Waals surface area contributed by atoms with Crippen LogP contribution in [0.15, 0.2) is 0 Å². The molecular formula is C10H21N3O4. The lowest BCUT2D eigenvalue weighted by molar-refractivity contribution is -0.139. The van der Waals surface area contributed by atoms with Crippen LogP contribution in [-0.2, 0) is 4.79 Å². The Balaban J connectivity index is 3.71. The van der Waals surface area contributed by atoms with Gasteiger partial charge in [-0.15, -0.1) is 0 Å². The summed E-state index contributed by atoms with van der Waals surface area (Å²) in [5.74, 6) is -1.15. The first-order chi connectivity index (χ1) is 8.11. The minimum Gasteiger partial charge on any atom is -0.480 e. The van der Waals surface area contributed by atoms with Gasteiger partial charge in [0.05, 0.1) is 0 Å². The second kappa shape index (κ2) is 9.86. The lowest BCUT2D eigenvalue weighted by Gasteiger charge is -2.13. The summed E-state index contributed by atoms with van der Waals surface area (Å²) in [6, 6.07) is -1.57. The topological polar surface area (TPSA) is 111 Å². The molecule has 0 aromatic carbocycles. The summed E-state index contributed by atoms with van der Waals surface area (Å²) in [7, 11) is 0. The molecule has 0 aromatic heterocycles. The highest BCUT2D eigenvalue weighted by Crippen LogP contribution is 1.90. The molecule has 7 nitrogen and oxygen atoms in total. The van der Waals surface area contributed by atoms with Gasteiger partial charge >= 0.3 is 12.0 Å². The maximum absolute atomic E-state index is 11.3. The zero-order valence-corrected chi connectivity index (χ0v) is 10.0. The molecule has 7 heteroatoms. The van der Waals surface area contributed by atoms with Crippen LogP contribution in [0.3, 0.4) is 0 Å². The lowest BCUT2D eigenvalue weighted by atomic mass is 10.2. The summed E-state index contributed by atoms with van der Waals surface area (Å²) in [5, 5.41) is 25.3. The van der Waals surface area contributed by atoms with Crippen LogP contribution in [0.2, 0.25) is 0 Å². The molecule has 0 spiro atoms. The van der Waals surface area contributed by atoms with Crippen LogP contribution in [0.4, 0.5) is 4.79 Å². The predicted molar refractivity (Wildman–Crippen MR) is 62.8 cm³/mol. The highest BCUT2D eigenvalue weighted by Gasteiger charge is 2.18. The van der Waals surface area contributed by atoms with E-state index in [0.717, 1.165) is 19.5 Å². The Labute approximate surface area is 101 Å². The molecule has 0 aliphatic heterocycles. The minimum absolute atomic E-state index is 0.000142. The molecular weight excluding hydrogens is 226 g/mol. The van der Waals surface area contributed by atoms with Crippen molar-refractivity contribution in [1.82, 2.24) is 16.0 Å². The van der Waals surface area contributed by atoms with Crippen molar-refractivity contribution in [3.05, 3.63) is 0 Å². The lowest BCUT2D eigenvalue weighted by Crippen LogP contribution is -2.46. The van der Waals surface area contributed by atoms with E-state index in [1.807, 2.05) is 6.92 Å². The number of urea groups is 1. The van der Waals surface area contributed by atoms with Gasteiger partial charge in [0.15, 0.2) is 0 Å². The Kier molecular flexibility index (Phi) is 9.08. The van der Waals surface area contributed by atoms with Crippen molar-refractivity contribution in [3.8, 4) is 0 Å². The number of rotatable bonds is 9. The number of carbonyl (C=O) groups excluding carboxylic acids is 1. The number of aliphatic hydroxyl groups excluding tert-OH is 1. The average Bonchev–Trinajstić information content (AvgIpc) is 2.28. The van der Waals surface area contributed by atoms with E-state index in [4.69, 9.17) is 10.2 Å². The van der Waals surface area contributed by atoms with Crippen molar-refractivity contribution >= 4 is 12.0 Å². The molecule has 0 aromatic rings. The zero-order valence-electron chi connectivity index (χ0n) is 10.0. The number of aliphatic hydroxyl groups is 1. The van der Waals surface area contributed by atoms with Gasteiger partial charge in [-0.2, -0.15) is 0 Å². The summed E-state index contributed by atoms with van der Waals surface area (Å²) in [6.45, 7) is 3.87. The number of amides is 2. The van der Waals surface area contributed by atoms with Crippen molar-refractivity contribution in [2.75, 3.05) is 26.2 Å². The zero-order chi connectivity index (χ0) is 13.1. The van der Waals surface area contributed by atoms with Crippen molar-refractivity contribution < 1.29 is 19.8 Å². The van der Waals surface area contributed by atoms with Crippen LogP contribution >= 0.6 is 0 Å². The summed E-state index contributed by atoms with van der Waals surface area (Å²) >= 11 is 0. The van der Waals surface area contributed by atoms with Gasteiger partial charge in [0.1, 0.15) is 6.04 Å². The first kappa shape index (κ1) is 15.7. The van der Waals surface area contributed by atoms with Crippen LogP contribution in [0, 0.1) is 0 Å². The maximum atomic E-state index is 11.3. The van der Waals surface area contributed by atoms with Gasteiger partial charge in [0, 0.05) is 19.6 Å². The molecule has 0 aliphatic rings. The average molecular weight is 247 g/mol. The van der Waals surface area contributed by atoms with Gasteiger partial charge in [-0.05, 0) is 19.5 Å². The SMILES string of the molecule is CCNCCCNC(=O)N[C@H](CCO)C(=O)O. The Bertz CT molecular complexity index is 236. The summed E-state index contributed by atoms with van der Waals surface area (Å²) < 4.78 is 0. The second-order valence-corrected chi connectivity index (χ2v) is 3.51. The third-order valence-electron chi connectivity index (χ3n) is 2.09. The molecule has 0 unspecified atom stereocenters. The highest BCUT2D eigenvalue weighted by molar-refractivity contribution is 5.82. The van der Waals surface area contributed by atoms with Gasteiger partial charge < -0.3 is 26.2 Å². The second-order valence-electron chi connectivity index (χ2n) is 3.51. The number of aliphatic carboxylic acids is 1. The monoisotopic (exact) mass is 247 g/mol. The third kappa shape index (κ3) is 8.47. The van der Waals surface area contributed by atoms with E-state index in [0.29, 0.717) is 6.54 Å². The van der Waals surface area contributed by atoms with Crippen LogP contribution in [-0.4, -0.2) is 54.5 Å². The van der Waals surface area contributed by atoms with Gasteiger partial charge in [0.25, 0.3) is 0 Å². The van der Waals surface area contributed by atoms with Crippen LogP contribution in [0.1, 0.15) is 19.8 Å². The normalized spacial score (nSPS) is 11.9. The Morgan fingerprint density at radius 1 is 1.29 bits per heavy atom. The van der Waals surface area contributed by atoms with E-state index in [2.05, 4.69) is 16.0 Å². The number of carboxylic acids is 1. The number of hydrogen-bond donors (Lipinski definition) is 5. The fourth-order valence-electron chi connectivity index (χ4n) is 1.19. The Morgan fingerprint density at radius 2 is 2.00 bits per heavy atom. The molecule has 5 N–H and O–H groups in total. The fourth-order valence-corrected chi connectivity index (χ4v) is 1.19. The molecule has 0 fully saturated rings. The fraction of sp³-hybridized carbons (Fsp3) is 0.800. The summed E-state index contributed by atoms with van der Waals surface area (Å²) in [6.07, 6.45) is 0.777. The van der Waals surface area contributed by atoms with E-state index in [1.165, 1.54) is 0 Å². The van der Waals surface area contributed by atoms with Crippen molar-refractivity contribution in [2.24, 2.45) is 0 Å². The molecule has 0 saturated heterocycles. The molecule has 100 valence electrons. The Morgan fingerprint density at radius 3 is 2.53 bits per heavy atom. The highest BCUT2D eigenvalue weighted by atomic mass is 16.4. The van der Waals surface area contributed by atoms with E-state index in [1.54, 1.807) is 0 Å². The molecule has 17 heavy (non-hydrogen) atoms. The molecule has 2 amide bonds. The number of carboxylic acid groups (broad SMARTS) is 1. The number of hydrogen-bond acceptors (Lipinski definition) is 4. The standard InChI is InChI=1S/C10H21N3O4/c1-2-11-5-3-6-12-10(17)13-8(4-7-14)9(15)16/h8,11,14H,2-7H2,1H3,(H,15,16)(H2,12,13,17)/t8-/m1/s1. The molecule has 0 rings (SSSR count). The maximum Gasteiger partial charge on any atom is 0.326 e. The largest absolute Gasteiger partial charge is 0.480 e. The molecule has 0 saturated carbocycles. The van der Waals surface area contributed by atoms with Crippen LogP contribution in [0.25, 0.3) is 0 Å². The summed E-state index contributed by atoms with van der Waals surface area (Å²) in [5.41, 5.74) is 0. The van der Waals surface area contributed by atoms with Crippen LogP contribution in [0.5, 0.6) is 0 Å². The van der Waals surface area contributed by atoms with Crippen molar-refractivity contribution in [1.29, 1.82) is 0 Å². The van der Waals surface area contributed by atoms with Crippen molar-refractivity contribution in [3.63, 3.8) is 0 Å². The van der Waals surface area contributed by atoms with Gasteiger partial charge in [-0.1, -0.05) is 6.92 Å².